The van der Waals surface area contributed by atoms with Gasteiger partial charge in [-0.1, -0.05) is 126 Å². The summed E-state index contributed by atoms with van der Waals surface area (Å²) in [5.41, 5.74) is 0. The zero-order valence-electron chi connectivity index (χ0n) is 34.9. The van der Waals surface area contributed by atoms with E-state index in [1.165, 1.54) is 32.1 Å². The van der Waals surface area contributed by atoms with Gasteiger partial charge in [0.25, 0.3) is 0 Å². The number of hydrogen-bond acceptors (Lipinski definition) is 7. The Balaban J connectivity index is 4.46. The van der Waals surface area contributed by atoms with E-state index in [2.05, 4.69) is 74.6 Å². The van der Waals surface area contributed by atoms with Crippen molar-refractivity contribution in [2.24, 2.45) is 0 Å². The second-order valence-electron chi connectivity index (χ2n) is 15.0. The Kier molecular flexibility index (Phi) is 34.8. The number of allylic oxidation sites excluding steroid dienone is 10. The first-order valence-corrected chi connectivity index (χ1v) is 22.5. The predicted molar refractivity (Wildman–Crippen MR) is 224 cm³/mol. The maximum absolute atomic E-state index is 12.7. The second kappa shape index (κ2) is 36.4. The molecule has 2 atom stereocenters. The van der Waals surface area contributed by atoms with Crippen LogP contribution in [0.3, 0.4) is 0 Å². The van der Waals surface area contributed by atoms with Gasteiger partial charge >= 0.3 is 19.8 Å². The van der Waals surface area contributed by atoms with Crippen molar-refractivity contribution in [1.82, 2.24) is 0 Å². The molecular formula is C44H79NO8P+. The smallest absolute Gasteiger partial charge is 0.462 e. The highest BCUT2D eigenvalue weighted by molar-refractivity contribution is 7.47. The molecule has 54 heavy (non-hydrogen) atoms. The first-order chi connectivity index (χ1) is 26.0. The van der Waals surface area contributed by atoms with Crippen LogP contribution >= 0.6 is 7.82 Å². The number of quaternary nitrogens is 1. The number of likely N-dealkylation sites (N-methyl/N-ethyl adjacent to an activating group) is 1. The van der Waals surface area contributed by atoms with Gasteiger partial charge in [0.05, 0.1) is 27.7 Å². The summed E-state index contributed by atoms with van der Waals surface area (Å²) in [5, 5.41) is 0. The molecule has 312 valence electrons. The van der Waals surface area contributed by atoms with Gasteiger partial charge in [-0.3, -0.25) is 18.6 Å². The molecule has 0 heterocycles. The maximum atomic E-state index is 12.7. The lowest BCUT2D eigenvalue weighted by Gasteiger charge is -2.24. The van der Waals surface area contributed by atoms with Crippen LogP contribution in [0.15, 0.2) is 60.8 Å². The van der Waals surface area contributed by atoms with Gasteiger partial charge in [0, 0.05) is 12.8 Å². The first kappa shape index (κ1) is 51.7. The molecule has 0 aromatic heterocycles. The highest BCUT2D eigenvalue weighted by Crippen LogP contribution is 2.43. The summed E-state index contributed by atoms with van der Waals surface area (Å²) in [6.07, 6.45) is 42.6. The number of phosphoric ester groups is 1. The SMILES string of the molecule is CC/C=C\C/C=C\C/C=C\C/C=C\CCCCCCC(=O)OC(COC(=O)CCCCCCC/C=C\CCCCCC)COP(=O)(O)OCC[N+](C)(C)C. The summed E-state index contributed by atoms with van der Waals surface area (Å²) in [5.74, 6) is -0.842. The fourth-order valence-electron chi connectivity index (χ4n) is 5.23. The highest BCUT2D eigenvalue weighted by atomic mass is 31.2. The van der Waals surface area contributed by atoms with E-state index in [9.17, 15) is 19.0 Å². The molecule has 0 fully saturated rings. The van der Waals surface area contributed by atoms with E-state index in [0.29, 0.717) is 17.4 Å². The van der Waals surface area contributed by atoms with Crippen LogP contribution in [-0.2, 0) is 32.7 Å². The average Bonchev–Trinajstić information content (AvgIpc) is 3.12. The Morgan fingerprint density at radius 1 is 0.593 bits per heavy atom. The van der Waals surface area contributed by atoms with Crippen molar-refractivity contribution in [3.63, 3.8) is 0 Å². The minimum Gasteiger partial charge on any atom is -0.462 e. The molecule has 1 N–H and O–H groups in total. The topological polar surface area (TPSA) is 108 Å². The fraction of sp³-hybridized carbons (Fsp3) is 0.727. The van der Waals surface area contributed by atoms with Crippen LogP contribution in [0.4, 0.5) is 0 Å². The Morgan fingerprint density at radius 2 is 1.06 bits per heavy atom. The Bertz CT molecular complexity index is 1110. The number of carbonyl (C=O) groups excluding carboxylic acids is 2. The molecule has 2 unspecified atom stereocenters. The van der Waals surface area contributed by atoms with Crippen molar-refractivity contribution in [2.75, 3.05) is 47.5 Å². The summed E-state index contributed by atoms with van der Waals surface area (Å²) < 4.78 is 34.2. The quantitative estimate of drug-likeness (QED) is 0.0218. The lowest BCUT2D eigenvalue weighted by atomic mass is 10.1. The van der Waals surface area contributed by atoms with Gasteiger partial charge in [0.2, 0.25) is 0 Å². The first-order valence-electron chi connectivity index (χ1n) is 21.0. The van der Waals surface area contributed by atoms with Crippen LogP contribution in [0, 0.1) is 0 Å². The highest BCUT2D eigenvalue weighted by Gasteiger charge is 2.27. The number of esters is 2. The normalized spacial score (nSPS) is 14.3. The zero-order valence-corrected chi connectivity index (χ0v) is 35.8. The molecule has 0 radical (unpaired) electrons. The van der Waals surface area contributed by atoms with Crippen LogP contribution in [0.25, 0.3) is 0 Å². The van der Waals surface area contributed by atoms with E-state index in [-0.39, 0.29) is 32.0 Å². The molecule has 0 aliphatic carbocycles. The molecule has 0 rings (SSSR count). The minimum atomic E-state index is -4.38. The van der Waals surface area contributed by atoms with Crippen LogP contribution < -0.4 is 0 Å². The van der Waals surface area contributed by atoms with E-state index < -0.39 is 26.5 Å². The van der Waals surface area contributed by atoms with Crippen molar-refractivity contribution in [3.8, 4) is 0 Å². The molecule has 0 spiro atoms. The Morgan fingerprint density at radius 3 is 1.59 bits per heavy atom. The van der Waals surface area contributed by atoms with Gasteiger partial charge in [0.1, 0.15) is 19.8 Å². The molecule has 0 aliphatic heterocycles. The number of carbonyl (C=O) groups is 2. The predicted octanol–water partition coefficient (Wildman–Crippen LogP) is 11.7. The van der Waals surface area contributed by atoms with Crippen LogP contribution in [0.1, 0.15) is 155 Å². The maximum Gasteiger partial charge on any atom is 0.472 e. The molecule has 0 aromatic carbocycles. The number of phosphoric acid groups is 1. The van der Waals surface area contributed by atoms with Crippen LogP contribution in [0.2, 0.25) is 0 Å². The third-order valence-electron chi connectivity index (χ3n) is 8.53. The van der Waals surface area contributed by atoms with E-state index in [4.69, 9.17) is 18.5 Å². The summed E-state index contributed by atoms with van der Waals surface area (Å²) in [6, 6.07) is 0. The summed E-state index contributed by atoms with van der Waals surface area (Å²) >= 11 is 0. The van der Waals surface area contributed by atoms with Crippen molar-refractivity contribution < 1.29 is 42.1 Å². The Labute approximate surface area is 330 Å². The number of ether oxygens (including phenoxy) is 2. The van der Waals surface area contributed by atoms with Gasteiger partial charge in [-0.05, 0) is 77.0 Å². The van der Waals surface area contributed by atoms with E-state index in [0.717, 1.165) is 89.9 Å². The summed E-state index contributed by atoms with van der Waals surface area (Å²) in [6.45, 7) is 4.23. The third kappa shape index (κ3) is 39.4. The number of rotatable bonds is 37. The molecular weight excluding hydrogens is 701 g/mol. The second-order valence-corrected chi connectivity index (χ2v) is 16.4. The molecule has 0 saturated carbocycles. The van der Waals surface area contributed by atoms with Crippen molar-refractivity contribution in [3.05, 3.63) is 60.8 Å². The minimum absolute atomic E-state index is 0.0226. The van der Waals surface area contributed by atoms with Gasteiger partial charge < -0.3 is 18.9 Å². The molecule has 0 aromatic rings. The molecule has 0 amide bonds. The zero-order chi connectivity index (χ0) is 40.0. The molecule has 0 bridgehead atoms. The number of hydrogen-bond donors (Lipinski definition) is 1. The average molecular weight is 781 g/mol. The van der Waals surface area contributed by atoms with Gasteiger partial charge in [-0.25, -0.2) is 4.57 Å². The third-order valence-corrected chi connectivity index (χ3v) is 9.52. The molecule has 9 nitrogen and oxygen atoms in total. The van der Waals surface area contributed by atoms with Crippen LogP contribution in [-0.4, -0.2) is 74.9 Å². The Hall–Kier alpha value is -2.29. The van der Waals surface area contributed by atoms with Crippen molar-refractivity contribution in [2.45, 2.75) is 161 Å². The van der Waals surface area contributed by atoms with Crippen molar-refractivity contribution >= 4 is 19.8 Å². The van der Waals surface area contributed by atoms with E-state index in [1.54, 1.807) is 0 Å². The molecule has 10 heteroatoms. The monoisotopic (exact) mass is 781 g/mol. The van der Waals surface area contributed by atoms with Crippen molar-refractivity contribution in [1.29, 1.82) is 0 Å². The lowest BCUT2D eigenvalue weighted by molar-refractivity contribution is -0.870. The van der Waals surface area contributed by atoms with E-state index in [1.807, 2.05) is 21.1 Å². The molecule has 0 saturated heterocycles. The summed E-state index contributed by atoms with van der Waals surface area (Å²) in [4.78, 5) is 35.3. The van der Waals surface area contributed by atoms with Crippen LogP contribution in [0.5, 0.6) is 0 Å². The standard InChI is InChI=1S/C44H78NO8P/c1-6-8-10-12-14-16-18-20-21-22-23-25-27-29-31-33-35-37-44(47)53-42(41-52-54(48,49)51-39-38-45(3,4)5)40-50-43(46)36-34-32-30-28-26-24-19-17-15-13-11-9-7-2/h8,10,14,16-17,19-21,23,25,42H,6-7,9,11-13,15,18,22,24,26-41H2,1-5H3/p+1/b10-8-,16-14-,19-17-,21-20-,25-23-. The summed E-state index contributed by atoms with van der Waals surface area (Å²) in [7, 11) is 1.44. The number of unbranched alkanes of at least 4 members (excludes halogenated alkanes) is 13. The lowest BCUT2D eigenvalue weighted by Crippen LogP contribution is -2.37. The fourth-order valence-corrected chi connectivity index (χ4v) is 5.97. The van der Waals surface area contributed by atoms with Gasteiger partial charge in [0.15, 0.2) is 6.10 Å². The largest absolute Gasteiger partial charge is 0.472 e. The number of nitrogens with zero attached hydrogens (tertiary/aromatic N) is 1. The van der Waals surface area contributed by atoms with Gasteiger partial charge in [-0.2, -0.15) is 0 Å². The van der Waals surface area contributed by atoms with Gasteiger partial charge in [-0.15, -0.1) is 0 Å². The van der Waals surface area contributed by atoms with E-state index >= 15 is 0 Å². The molecule has 0 aliphatic rings.